The van der Waals surface area contributed by atoms with Crippen LogP contribution in [-0.4, -0.2) is 55.5 Å². The van der Waals surface area contributed by atoms with E-state index in [-0.39, 0.29) is 40.4 Å². The molecule has 1 aromatic carbocycles. The summed E-state index contributed by atoms with van der Waals surface area (Å²) in [7, 11) is 0. The third-order valence-corrected chi connectivity index (χ3v) is 6.91. The number of rotatable bonds is 7. The zero-order valence-electron chi connectivity index (χ0n) is 19.0. The van der Waals surface area contributed by atoms with Gasteiger partial charge in [-0.2, -0.15) is 5.10 Å². The Hall–Kier alpha value is -2.46. The van der Waals surface area contributed by atoms with Gasteiger partial charge in [-0.05, 0) is 38.8 Å². The molecule has 3 N–H and O–H groups in total. The van der Waals surface area contributed by atoms with Crippen LogP contribution >= 0.6 is 23.2 Å². The molecule has 0 aliphatic carbocycles. The molecule has 182 valence electrons. The smallest absolute Gasteiger partial charge is 0.258 e. The van der Waals surface area contributed by atoms with Gasteiger partial charge in [0.15, 0.2) is 5.82 Å². The number of piperidine rings is 1. The summed E-state index contributed by atoms with van der Waals surface area (Å²) in [4.78, 5) is 11.0. The normalized spacial score (nSPS) is 17.0. The van der Waals surface area contributed by atoms with Crippen LogP contribution in [0.15, 0.2) is 30.7 Å². The maximum absolute atomic E-state index is 13.9. The van der Waals surface area contributed by atoms with Crippen molar-refractivity contribution in [1.82, 2.24) is 24.6 Å². The molecule has 0 saturated carbocycles. The average Bonchev–Trinajstić information content (AvgIpc) is 3.33. The van der Waals surface area contributed by atoms with Crippen LogP contribution in [0.25, 0.3) is 11.3 Å². The van der Waals surface area contributed by atoms with Gasteiger partial charge in [0.2, 0.25) is 0 Å². The summed E-state index contributed by atoms with van der Waals surface area (Å²) in [5.74, 6) is -0.397. The number of likely N-dealkylation sites (tertiary alicyclic amines) is 1. The molecule has 2 atom stereocenters. The minimum Gasteiger partial charge on any atom is -0.467 e. The highest BCUT2D eigenvalue weighted by atomic mass is 35.5. The number of halogens is 3. The maximum atomic E-state index is 13.9. The number of hydrogen-bond acceptors (Lipinski definition) is 7. The van der Waals surface area contributed by atoms with Crippen LogP contribution in [0.5, 0.6) is 5.88 Å². The molecule has 0 amide bonds. The van der Waals surface area contributed by atoms with Crippen LogP contribution in [0.4, 0.5) is 10.2 Å². The number of benzene rings is 1. The number of hydrogen-bond donors (Lipinski definition) is 2. The zero-order valence-corrected chi connectivity index (χ0v) is 20.5. The zero-order chi connectivity index (χ0) is 24.4. The van der Waals surface area contributed by atoms with Crippen LogP contribution in [0.2, 0.25) is 10.0 Å². The van der Waals surface area contributed by atoms with E-state index in [0.29, 0.717) is 11.3 Å². The highest BCUT2D eigenvalue weighted by molar-refractivity contribution is 6.36. The van der Waals surface area contributed by atoms with E-state index in [1.165, 1.54) is 12.1 Å². The molecule has 34 heavy (non-hydrogen) atoms. The number of anilines is 1. The van der Waals surface area contributed by atoms with Gasteiger partial charge in [-0.1, -0.05) is 23.2 Å². The van der Waals surface area contributed by atoms with Crippen molar-refractivity contribution in [2.24, 2.45) is 0 Å². The fraction of sp³-hybridized carbons (Fsp3) is 0.435. The van der Waals surface area contributed by atoms with Gasteiger partial charge in [0.25, 0.3) is 5.88 Å². The van der Waals surface area contributed by atoms with Crippen molar-refractivity contribution in [3.63, 3.8) is 0 Å². The van der Waals surface area contributed by atoms with Gasteiger partial charge in [-0.15, -0.1) is 0 Å². The van der Waals surface area contributed by atoms with Gasteiger partial charge in [-0.25, -0.2) is 14.4 Å². The van der Waals surface area contributed by atoms with Crippen LogP contribution in [0.3, 0.4) is 0 Å². The highest BCUT2D eigenvalue weighted by Gasteiger charge is 2.25. The summed E-state index contributed by atoms with van der Waals surface area (Å²) in [5.41, 5.74) is 7.62. The summed E-state index contributed by atoms with van der Waals surface area (Å²) >= 11 is 12.3. The van der Waals surface area contributed by atoms with Crippen molar-refractivity contribution in [2.75, 3.05) is 25.4 Å². The van der Waals surface area contributed by atoms with Crippen LogP contribution < -0.4 is 10.5 Å². The minimum absolute atomic E-state index is 0.0945. The standard InChI is InChI=1S/C23H27Cl2FN6O2/c1-13(12-33)31-7-5-16(6-8-31)32-11-15(9-29-32)19-10-28-22(27)23(30-19)34-14(2)20-17(24)3-4-18(26)21(20)25/h3-4,9-11,13-14,16,33H,5-8,12H2,1-2H3,(H2,27,28). The van der Waals surface area contributed by atoms with E-state index >= 15 is 0 Å². The summed E-state index contributed by atoms with van der Waals surface area (Å²) in [6.45, 7) is 5.69. The number of nitrogens with two attached hydrogens (primary N) is 1. The Morgan fingerprint density at radius 1 is 1.24 bits per heavy atom. The molecule has 3 heterocycles. The quantitative estimate of drug-likeness (QED) is 0.452. The Morgan fingerprint density at radius 3 is 2.68 bits per heavy atom. The topological polar surface area (TPSA) is 102 Å². The van der Waals surface area contributed by atoms with Gasteiger partial charge in [0, 0.05) is 41.5 Å². The lowest BCUT2D eigenvalue weighted by Gasteiger charge is -2.35. The largest absolute Gasteiger partial charge is 0.467 e. The molecule has 0 bridgehead atoms. The number of nitrogen functional groups attached to an aromatic ring is 1. The summed E-state index contributed by atoms with van der Waals surface area (Å²) in [6.07, 6.45) is 6.40. The van der Waals surface area contributed by atoms with Crippen molar-refractivity contribution in [1.29, 1.82) is 0 Å². The number of aliphatic hydroxyl groups excluding tert-OH is 1. The molecule has 3 aromatic rings. The number of aromatic nitrogens is 4. The maximum Gasteiger partial charge on any atom is 0.258 e. The van der Waals surface area contributed by atoms with E-state index in [4.69, 9.17) is 33.7 Å². The first kappa shape index (κ1) is 24.7. The molecule has 2 aromatic heterocycles. The molecule has 2 unspecified atom stereocenters. The second-order valence-corrected chi connectivity index (χ2v) is 9.26. The lowest BCUT2D eigenvalue weighted by molar-refractivity contribution is 0.0958. The third-order valence-electron chi connectivity index (χ3n) is 6.20. The predicted molar refractivity (Wildman–Crippen MR) is 130 cm³/mol. The molecule has 1 aliphatic heterocycles. The monoisotopic (exact) mass is 508 g/mol. The van der Waals surface area contributed by atoms with Crippen LogP contribution in [0, 0.1) is 5.82 Å². The van der Waals surface area contributed by atoms with Crippen molar-refractivity contribution in [2.45, 2.75) is 44.9 Å². The van der Waals surface area contributed by atoms with Gasteiger partial charge >= 0.3 is 0 Å². The van der Waals surface area contributed by atoms with E-state index < -0.39 is 11.9 Å². The van der Waals surface area contributed by atoms with Crippen molar-refractivity contribution < 1.29 is 14.2 Å². The van der Waals surface area contributed by atoms with E-state index in [1.807, 2.05) is 17.8 Å². The lowest BCUT2D eigenvalue weighted by atomic mass is 10.0. The van der Waals surface area contributed by atoms with E-state index in [0.717, 1.165) is 31.5 Å². The molecule has 11 heteroatoms. The molecule has 1 saturated heterocycles. The van der Waals surface area contributed by atoms with Crippen molar-refractivity contribution in [3.8, 4) is 17.1 Å². The van der Waals surface area contributed by atoms with Crippen molar-refractivity contribution >= 4 is 29.0 Å². The predicted octanol–water partition coefficient (Wildman–Crippen LogP) is 4.53. The van der Waals surface area contributed by atoms with E-state index in [1.54, 1.807) is 19.3 Å². The highest BCUT2D eigenvalue weighted by Crippen LogP contribution is 2.36. The molecule has 0 radical (unpaired) electrons. The van der Waals surface area contributed by atoms with Crippen LogP contribution in [0.1, 0.15) is 44.4 Å². The molecular weight excluding hydrogens is 482 g/mol. The van der Waals surface area contributed by atoms with Crippen LogP contribution in [-0.2, 0) is 0 Å². The first-order chi connectivity index (χ1) is 16.3. The SMILES string of the molecule is CC(Oc1nc(-c2cnn(C3CCN(C(C)CO)CC3)c2)cnc1N)c1c(Cl)ccc(F)c1Cl. The van der Waals surface area contributed by atoms with Gasteiger partial charge in [0.1, 0.15) is 11.9 Å². The molecular formula is C23H27Cl2FN6O2. The molecule has 4 rings (SSSR count). The Bertz CT molecular complexity index is 1150. The molecule has 0 spiro atoms. The Kier molecular flexibility index (Phi) is 7.57. The summed E-state index contributed by atoms with van der Waals surface area (Å²) in [6, 6.07) is 3.06. The van der Waals surface area contributed by atoms with E-state index in [2.05, 4.69) is 20.0 Å². The Balaban J connectivity index is 1.50. The van der Waals surface area contributed by atoms with E-state index in [9.17, 15) is 9.50 Å². The molecule has 8 nitrogen and oxygen atoms in total. The number of aliphatic hydroxyl groups is 1. The third kappa shape index (κ3) is 5.12. The molecule has 1 aliphatic rings. The Morgan fingerprint density at radius 2 is 1.97 bits per heavy atom. The number of nitrogens with zero attached hydrogens (tertiary/aromatic N) is 5. The van der Waals surface area contributed by atoms with Gasteiger partial charge in [0.05, 0.1) is 35.8 Å². The lowest BCUT2D eigenvalue weighted by Crippen LogP contribution is -2.42. The fourth-order valence-corrected chi connectivity index (χ4v) is 4.80. The first-order valence-electron chi connectivity index (χ1n) is 11.1. The summed E-state index contributed by atoms with van der Waals surface area (Å²) < 4.78 is 21.8. The number of ether oxygens (including phenoxy) is 1. The average molecular weight is 509 g/mol. The minimum atomic E-state index is -0.711. The Labute approximate surface area is 207 Å². The first-order valence-corrected chi connectivity index (χ1v) is 11.9. The van der Waals surface area contributed by atoms with Gasteiger partial charge in [-0.3, -0.25) is 9.58 Å². The van der Waals surface area contributed by atoms with Gasteiger partial charge < -0.3 is 15.6 Å². The fourth-order valence-electron chi connectivity index (χ4n) is 4.13. The van der Waals surface area contributed by atoms with Crippen molar-refractivity contribution in [3.05, 3.63) is 52.1 Å². The second-order valence-electron chi connectivity index (χ2n) is 8.47. The second kappa shape index (κ2) is 10.4. The molecule has 1 fully saturated rings. The summed E-state index contributed by atoms with van der Waals surface area (Å²) in [5, 5.41) is 14.1.